The van der Waals surface area contributed by atoms with Crippen LogP contribution in [0.4, 0.5) is 0 Å². The monoisotopic (exact) mass is 108 g/mol. The summed E-state index contributed by atoms with van der Waals surface area (Å²) >= 11 is 0. The van der Waals surface area contributed by atoms with E-state index >= 15 is 0 Å². The molecule has 0 spiro atoms. The third-order valence-corrected chi connectivity index (χ3v) is 0. The van der Waals surface area contributed by atoms with Crippen molar-refractivity contribution in [1.29, 1.82) is 0 Å². The Morgan fingerprint density at radius 1 is 1.33 bits per heavy atom. The summed E-state index contributed by atoms with van der Waals surface area (Å²) in [4.78, 5) is 0. The Kier molecular flexibility index (Phi) is 4.65. The second-order valence-electron chi connectivity index (χ2n) is 0.396. The van der Waals surface area contributed by atoms with E-state index in [-0.39, 0.29) is 20.3 Å². The maximum absolute atomic E-state index is 8.60. The molecule has 34 valence electrons. The number of hydrogen-bond acceptors (Lipinski definition) is 4. The van der Waals surface area contributed by atoms with Crippen molar-refractivity contribution in [3.8, 4) is 0 Å². The largest absolute Gasteiger partial charge is 1.00 e. The van der Waals surface area contributed by atoms with Gasteiger partial charge >= 0.3 is 18.9 Å². The van der Waals surface area contributed by atoms with Crippen LogP contribution >= 0.6 is 0 Å². The van der Waals surface area contributed by atoms with Crippen molar-refractivity contribution in [2.24, 2.45) is 0 Å². The molecule has 0 saturated heterocycles. The molecule has 0 aliphatic rings. The number of hydrogen-bond donors (Lipinski definition) is 1. The van der Waals surface area contributed by atoms with Crippen molar-refractivity contribution >= 4 is 0 Å². The van der Waals surface area contributed by atoms with E-state index in [9.17, 15) is 0 Å². The standard InChI is InChI=1S/ClHO4.Li.H/c2-1(3,4)5;;/h(H,2,3,4,5);;/q;+1;-1. The summed E-state index contributed by atoms with van der Waals surface area (Å²) in [6.07, 6.45) is 0. The molecule has 0 heterocycles. The van der Waals surface area contributed by atoms with Gasteiger partial charge in [0, 0.05) is 0 Å². The van der Waals surface area contributed by atoms with Crippen LogP contribution in [0.25, 0.3) is 0 Å². The van der Waals surface area contributed by atoms with Gasteiger partial charge in [-0.05, 0) is 0 Å². The zero-order chi connectivity index (χ0) is 4.50. The molecule has 1 N–H and O–H groups in total. The topological polar surface area (TPSA) is 89.4 Å². The van der Waals surface area contributed by atoms with E-state index in [0.717, 1.165) is 0 Å². The molecular weight excluding hydrogens is 106 g/mol. The maximum atomic E-state index is 8.60. The fourth-order valence-corrected chi connectivity index (χ4v) is 0. The van der Waals surface area contributed by atoms with Crippen LogP contribution in [0.15, 0.2) is 0 Å². The SMILES string of the molecule is [H-].[Li+].[O-][Cl+3]([O-])([O-])O. The van der Waals surface area contributed by atoms with Gasteiger partial charge in [0.05, 0.1) is 14.9 Å². The predicted molar refractivity (Wildman–Crippen MR) is 3.33 cm³/mol. The average molecular weight is 108 g/mol. The van der Waals surface area contributed by atoms with Crippen LogP contribution in [-0.2, 0) is 0 Å². The Morgan fingerprint density at radius 3 is 1.33 bits per heavy atom. The van der Waals surface area contributed by atoms with Gasteiger partial charge in [0.25, 0.3) is 0 Å². The fourth-order valence-electron chi connectivity index (χ4n) is 0. The van der Waals surface area contributed by atoms with Gasteiger partial charge in [0.1, 0.15) is 0 Å². The third-order valence-electron chi connectivity index (χ3n) is 0. The second-order valence-corrected chi connectivity index (χ2v) is 1.19. The first-order valence-electron chi connectivity index (χ1n) is 0.632. The molecule has 0 aliphatic heterocycles. The van der Waals surface area contributed by atoms with Crippen molar-refractivity contribution < 1.29 is 49.2 Å². The zero-order valence-corrected chi connectivity index (χ0v) is 3.81. The van der Waals surface area contributed by atoms with Crippen LogP contribution in [0.1, 0.15) is 1.43 Å². The Morgan fingerprint density at radius 2 is 1.33 bits per heavy atom. The molecule has 0 saturated carbocycles. The number of halogens is 1. The van der Waals surface area contributed by atoms with Crippen LogP contribution in [0.3, 0.4) is 0 Å². The van der Waals surface area contributed by atoms with E-state index in [4.69, 9.17) is 18.6 Å². The van der Waals surface area contributed by atoms with Crippen LogP contribution in [0.2, 0.25) is 0 Å². The Bertz CT molecular complexity index is 27.2. The minimum absolute atomic E-state index is 0. The summed E-state index contributed by atoms with van der Waals surface area (Å²) in [5, 5.41) is 0. The summed E-state index contributed by atoms with van der Waals surface area (Å²) in [7, 11) is -4.69. The second kappa shape index (κ2) is 2.83. The molecule has 0 aromatic carbocycles. The van der Waals surface area contributed by atoms with Gasteiger partial charge in [-0.15, -0.1) is 0 Å². The van der Waals surface area contributed by atoms with Crippen molar-refractivity contribution in [1.82, 2.24) is 0 Å². The minimum Gasteiger partial charge on any atom is -1.00 e. The van der Waals surface area contributed by atoms with E-state index in [2.05, 4.69) is 0 Å². The van der Waals surface area contributed by atoms with Crippen LogP contribution in [-0.4, -0.2) is 4.66 Å². The van der Waals surface area contributed by atoms with Gasteiger partial charge in [-0.3, -0.25) is 0 Å². The van der Waals surface area contributed by atoms with Gasteiger partial charge in [-0.1, -0.05) is 0 Å². The zero-order valence-electron chi connectivity index (χ0n) is 4.05. The average Bonchev–Trinajstić information content (AvgIpc) is 0.722. The molecule has 0 rings (SSSR count). The predicted octanol–water partition coefficient (Wildman–Crippen LogP) is -7.01. The quantitative estimate of drug-likeness (QED) is 0.312. The summed E-state index contributed by atoms with van der Waals surface area (Å²) in [5.74, 6) is 0. The molecule has 0 aromatic rings. The minimum atomic E-state index is -4.69. The van der Waals surface area contributed by atoms with Gasteiger partial charge < -0.3 is 1.43 Å². The summed E-state index contributed by atoms with van der Waals surface area (Å²) in [6, 6.07) is 0. The molecule has 0 radical (unpaired) electrons. The fraction of sp³-hybridized carbons (Fsp3) is 0. The first-order chi connectivity index (χ1) is 2.00. The Labute approximate surface area is 49.8 Å². The number of rotatable bonds is 0. The van der Waals surface area contributed by atoms with E-state index in [1.807, 2.05) is 0 Å². The molecule has 0 unspecified atom stereocenters. The summed E-state index contributed by atoms with van der Waals surface area (Å²) < 4.78 is 32.7. The molecule has 0 atom stereocenters. The summed E-state index contributed by atoms with van der Waals surface area (Å²) in [5.41, 5.74) is 0. The molecular formula is H2ClLiO4. The van der Waals surface area contributed by atoms with Crippen LogP contribution in [0, 0.1) is 10.2 Å². The van der Waals surface area contributed by atoms with E-state index in [0.29, 0.717) is 0 Å². The molecule has 0 aromatic heterocycles. The van der Waals surface area contributed by atoms with Crippen molar-refractivity contribution in [2.75, 3.05) is 0 Å². The Balaban J connectivity index is -0.0000000800. The maximum Gasteiger partial charge on any atom is 1.00 e. The Hall–Kier alpha value is 0.727. The molecule has 0 aliphatic carbocycles. The van der Waals surface area contributed by atoms with Gasteiger partial charge in [0.15, 0.2) is 0 Å². The molecule has 0 amide bonds. The van der Waals surface area contributed by atoms with Crippen molar-refractivity contribution in [3.05, 3.63) is 0 Å². The van der Waals surface area contributed by atoms with E-state index in [1.54, 1.807) is 0 Å². The first-order valence-corrected chi connectivity index (χ1v) is 1.90. The van der Waals surface area contributed by atoms with E-state index < -0.39 is 10.2 Å². The first kappa shape index (κ1) is 9.87. The summed E-state index contributed by atoms with van der Waals surface area (Å²) in [6.45, 7) is 0. The molecule has 6 heavy (non-hydrogen) atoms. The van der Waals surface area contributed by atoms with Crippen molar-refractivity contribution in [2.45, 2.75) is 0 Å². The smallest absolute Gasteiger partial charge is 1.00 e. The normalized spacial score (nSPS) is 10.0. The van der Waals surface area contributed by atoms with Crippen molar-refractivity contribution in [3.63, 3.8) is 0 Å². The molecule has 6 heteroatoms. The van der Waals surface area contributed by atoms with E-state index in [1.165, 1.54) is 0 Å². The molecule has 0 bridgehead atoms. The molecule has 0 fully saturated rings. The van der Waals surface area contributed by atoms with Crippen LogP contribution < -0.4 is 32.8 Å². The van der Waals surface area contributed by atoms with Gasteiger partial charge in [-0.2, -0.15) is 14.0 Å². The van der Waals surface area contributed by atoms with Crippen LogP contribution in [0.5, 0.6) is 0 Å². The van der Waals surface area contributed by atoms with Gasteiger partial charge in [-0.25, -0.2) is 0 Å². The molecule has 4 nitrogen and oxygen atoms in total. The third kappa shape index (κ3) is 124. The van der Waals surface area contributed by atoms with Gasteiger partial charge in [0.2, 0.25) is 0 Å².